The first-order chi connectivity index (χ1) is 17.4. The van der Waals surface area contributed by atoms with Crippen LogP contribution in [0.25, 0.3) is 21.9 Å². The molecule has 1 heterocycles. The molecule has 4 aromatic rings. The molecule has 0 radical (unpaired) electrons. The van der Waals surface area contributed by atoms with Crippen LogP contribution in [0.2, 0.25) is 0 Å². The number of rotatable bonds is 5. The van der Waals surface area contributed by atoms with Gasteiger partial charge >= 0.3 is 5.97 Å². The van der Waals surface area contributed by atoms with E-state index < -0.39 is 22.0 Å². The monoisotopic (exact) mass is 497 g/mol. The number of carbonyl (C=O) groups excluding carboxylic acids is 1. The molecule has 0 aliphatic carbocycles. The molecule has 0 aromatic heterocycles. The number of hydrogen-bond acceptors (Lipinski definition) is 4. The lowest BCUT2D eigenvalue weighted by Crippen LogP contribution is -2.40. The third-order valence-electron chi connectivity index (χ3n) is 6.48. The summed E-state index contributed by atoms with van der Waals surface area (Å²) in [5, 5.41) is 2.00. The fraction of sp³-hybridized carbons (Fsp3) is 0.167. The quantitative estimate of drug-likeness (QED) is 0.249. The summed E-state index contributed by atoms with van der Waals surface area (Å²) < 4.78 is 35.1. The minimum Gasteiger partial charge on any atom is -0.463 e. The van der Waals surface area contributed by atoms with Gasteiger partial charge in [0.15, 0.2) is 0 Å². The second-order valence-corrected chi connectivity index (χ2v) is 10.6. The molecule has 1 aliphatic rings. The molecule has 4 aromatic carbocycles. The van der Waals surface area contributed by atoms with Crippen LogP contribution in [0, 0.1) is 6.92 Å². The summed E-state index contributed by atoms with van der Waals surface area (Å²) >= 11 is 0. The number of esters is 1. The number of benzene rings is 4. The van der Waals surface area contributed by atoms with E-state index in [9.17, 15) is 13.2 Å². The van der Waals surface area contributed by atoms with Gasteiger partial charge in [0, 0.05) is 11.6 Å². The van der Waals surface area contributed by atoms with E-state index in [1.807, 2.05) is 67.6 Å². The largest absolute Gasteiger partial charge is 0.463 e. The van der Waals surface area contributed by atoms with E-state index in [-0.39, 0.29) is 11.5 Å². The summed E-state index contributed by atoms with van der Waals surface area (Å²) in [7, 11) is -3.98. The van der Waals surface area contributed by atoms with Gasteiger partial charge in [0.05, 0.1) is 23.2 Å². The van der Waals surface area contributed by atoms with Crippen molar-refractivity contribution in [3.05, 3.63) is 108 Å². The van der Waals surface area contributed by atoms with E-state index in [4.69, 9.17) is 4.74 Å². The average Bonchev–Trinajstić information content (AvgIpc) is 3.02. The summed E-state index contributed by atoms with van der Waals surface area (Å²) in [6.07, 6.45) is 3.38. The van der Waals surface area contributed by atoms with Crippen molar-refractivity contribution in [2.45, 2.75) is 31.2 Å². The molecule has 0 bridgehead atoms. The van der Waals surface area contributed by atoms with Crippen LogP contribution in [0.1, 0.15) is 18.1 Å². The number of aryl methyl sites for hydroxylation is 1. The molecular weight excluding hydrogens is 470 g/mol. The Labute approximate surface area is 211 Å². The minimum atomic E-state index is -3.98. The molecule has 182 valence electrons. The fourth-order valence-electron chi connectivity index (χ4n) is 4.81. The van der Waals surface area contributed by atoms with Gasteiger partial charge < -0.3 is 4.74 Å². The molecule has 6 heteroatoms. The van der Waals surface area contributed by atoms with Crippen LogP contribution in [0.3, 0.4) is 0 Å². The summed E-state index contributed by atoms with van der Waals surface area (Å²) in [4.78, 5) is 12.4. The summed E-state index contributed by atoms with van der Waals surface area (Å²) in [6, 6.07) is 26.0. The maximum atomic E-state index is 14.3. The van der Waals surface area contributed by atoms with Crippen molar-refractivity contribution in [3.63, 3.8) is 0 Å². The Morgan fingerprint density at radius 2 is 1.69 bits per heavy atom. The van der Waals surface area contributed by atoms with E-state index in [2.05, 4.69) is 0 Å². The number of carbonyl (C=O) groups is 1. The van der Waals surface area contributed by atoms with Crippen molar-refractivity contribution < 1.29 is 17.9 Å². The first-order valence-electron chi connectivity index (χ1n) is 12.0. The molecule has 1 atom stereocenters. The van der Waals surface area contributed by atoms with E-state index >= 15 is 0 Å². The smallest absolute Gasteiger partial charge is 0.330 e. The topological polar surface area (TPSA) is 63.7 Å². The SMILES string of the molecule is CCOC(=O)/C=C/C1Cc2ccccc2-c2c(ccc3ccccc23)N1S(=O)(=O)c1ccc(C)cc1. The number of sulfonamides is 1. The van der Waals surface area contributed by atoms with E-state index in [0.29, 0.717) is 12.1 Å². The number of nitrogens with zero attached hydrogens (tertiary/aromatic N) is 1. The molecule has 0 saturated carbocycles. The van der Waals surface area contributed by atoms with Crippen molar-refractivity contribution in [1.29, 1.82) is 0 Å². The van der Waals surface area contributed by atoms with Gasteiger partial charge in [-0.25, -0.2) is 13.2 Å². The van der Waals surface area contributed by atoms with Gasteiger partial charge in [0.25, 0.3) is 10.0 Å². The maximum Gasteiger partial charge on any atom is 0.330 e. The summed E-state index contributed by atoms with van der Waals surface area (Å²) in [6.45, 7) is 3.91. The molecular formula is C30H27NO4S. The van der Waals surface area contributed by atoms with Crippen LogP contribution in [-0.4, -0.2) is 27.0 Å². The number of ether oxygens (including phenoxy) is 1. The number of fused-ring (bicyclic) bond motifs is 5. The average molecular weight is 498 g/mol. The van der Waals surface area contributed by atoms with Crippen molar-refractivity contribution >= 4 is 32.5 Å². The Morgan fingerprint density at radius 1 is 0.972 bits per heavy atom. The lowest BCUT2D eigenvalue weighted by Gasteiger charge is -2.31. The zero-order valence-electron chi connectivity index (χ0n) is 20.2. The Morgan fingerprint density at radius 3 is 2.47 bits per heavy atom. The van der Waals surface area contributed by atoms with E-state index in [0.717, 1.165) is 33.0 Å². The Kier molecular flexibility index (Phi) is 6.37. The molecule has 0 saturated heterocycles. The van der Waals surface area contributed by atoms with E-state index in [1.54, 1.807) is 37.3 Å². The molecule has 5 nitrogen and oxygen atoms in total. The van der Waals surface area contributed by atoms with Crippen LogP contribution in [0.15, 0.2) is 102 Å². The van der Waals surface area contributed by atoms with Crippen LogP contribution in [-0.2, 0) is 26.0 Å². The van der Waals surface area contributed by atoms with Gasteiger partial charge in [-0.05, 0) is 60.4 Å². The van der Waals surface area contributed by atoms with Crippen LogP contribution in [0.4, 0.5) is 5.69 Å². The summed E-state index contributed by atoms with van der Waals surface area (Å²) in [5.74, 6) is -0.499. The third-order valence-corrected chi connectivity index (χ3v) is 8.33. The van der Waals surface area contributed by atoms with Crippen LogP contribution < -0.4 is 4.31 Å². The molecule has 1 unspecified atom stereocenters. The van der Waals surface area contributed by atoms with Gasteiger partial charge in [0.2, 0.25) is 0 Å². The molecule has 0 spiro atoms. The first-order valence-corrected chi connectivity index (χ1v) is 13.4. The first kappa shape index (κ1) is 23.8. The fourth-order valence-corrected chi connectivity index (χ4v) is 6.43. The highest BCUT2D eigenvalue weighted by molar-refractivity contribution is 7.92. The Hall–Kier alpha value is -3.90. The van der Waals surface area contributed by atoms with Gasteiger partial charge in [-0.3, -0.25) is 4.31 Å². The van der Waals surface area contributed by atoms with Crippen LogP contribution in [0.5, 0.6) is 0 Å². The lowest BCUT2D eigenvalue weighted by molar-refractivity contribution is -0.137. The predicted molar refractivity (Wildman–Crippen MR) is 143 cm³/mol. The van der Waals surface area contributed by atoms with Crippen molar-refractivity contribution in [1.82, 2.24) is 0 Å². The van der Waals surface area contributed by atoms with Gasteiger partial charge in [0.1, 0.15) is 0 Å². The molecule has 0 fully saturated rings. The Balaban J connectivity index is 1.81. The molecule has 0 amide bonds. The Bertz CT molecular complexity index is 1570. The maximum absolute atomic E-state index is 14.3. The highest BCUT2D eigenvalue weighted by atomic mass is 32.2. The summed E-state index contributed by atoms with van der Waals surface area (Å²) in [5.41, 5.74) is 4.42. The molecule has 5 rings (SSSR count). The zero-order valence-corrected chi connectivity index (χ0v) is 21.0. The number of hydrogen-bond donors (Lipinski definition) is 0. The van der Waals surface area contributed by atoms with Gasteiger partial charge in [-0.1, -0.05) is 78.4 Å². The third kappa shape index (κ3) is 4.29. The molecule has 36 heavy (non-hydrogen) atoms. The highest BCUT2D eigenvalue weighted by Gasteiger charge is 2.36. The predicted octanol–water partition coefficient (Wildman–Crippen LogP) is 6.05. The van der Waals surface area contributed by atoms with Crippen molar-refractivity contribution in [2.24, 2.45) is 0 Å². The van der Waals surface area contributed by atoms with E-state index in [1.165, 1.54) is 10.4 Å². The second-order valence-electron chi connectivity index (χ2n) is 8.83. The molecule has 0 N–H and O–H groups in total. The highest BCUT2D eigenvalue weighted by Crippen LogP contribution is 2.45. The van der Waals surface area contributed by atoms with Crippen LogP contribution >= 0.6 is 0 Å². The minimum absolute atomic E-state index is 0.202. The van der Waals surface area contributed by atoms with Crippen molar-refractivity contribution in [2.75, 3.05) is 10.9 Å². The second kappa shape index (κ2) is 9.63. The molecule has 1 aliphatic heterocycles. The van der Waals surface area contributed by atoms with Gasteiger partial charge in [-0.2, -0.15) is 0 Å². The lowest BCUT2D eigenvalue weighted by atomic mass is 9.93. The standard InChI is InChI=1S/C30H27NO4S/c1-3-35-29(32)19-15-24-20-23-9-5-7-11-27(23)30-26-10-6-4-8-22(26)14-18-28(30)31(24)36(33,34)25-16-12-21(2)13-17-25/h4-19,24H,3,20H2,1-2H3/b19-15+. The zero-order chi connectivity index (χ0) is 25.3. The normalized spacial score (nSPS) is 15.4. The van der Waals surface area contributed by atoms with Crippen molar-refractivity contribution in [3.8, 4) is 11.1 Å². The van der Waals surface area contributed by atoms with Gasteiger partial charge in [-0.15, -0.1) is 0 Å². The number of anilines is 1.